The Balaban J connectivity index is 2.29. The van der Waals surface area contributed by atoms with Crippen molar-refractivity contribution < 1.29 is 19.1 Å². The highest BCUT2D eigenvalue weighted by Gasteiger charge is 2.25. The topological polar surface area (TPSA) is 76.7 Å². The average molecular weight is 385 g/mol. The quantitative estimate of drug-likeness (QED) is 0.347. The summed E-state index contributed by atoms with van der Waals surface area (Å²) in [5, 5.41) is 5.46. The lowest BCUT2D eigenvalue weighted by atomic mass is 10.1. The van der Waals surface area contributed by atoms with Crippen molar-refractivity contribution in [3.63, 3.8) is 0 Å². The van der Waals surface area contributed by atoms with Crippen molar-refractivity contribution in [2.45, 2.75) is 0 Å². The normalized spacial score (nSPS) is 14.3. The minimum absolute atomic E-state index is 0.00301. The molecule has 1 aromatic carbocycles. The molecule has 6 nitrogen and oxygen atoms in total. The van der Waals surface area contributed by atoms with Crippen molar-refractivity contribution in [1.29, 1.82) is 0 Å². The second-order valence-electron chi connectivity index (χ2n) is 4.24. The first-order chi connectivity index (χ1) is 10.5. The fourth-order valence-electron chi connectivity index (χ4n) is 1.81. The molecular weight excluding hydrogens is 372 g/mol. The summed E-state index contributed by atoms with van der Waals surface area (Å²) in [7, 11) is 1.52. The minimum Gasteiger partial charge on any atom is -0.493 e. The smallest absolute Gasteiger partial charge is 0.263 e. The van der Waals surface area contributed by atoms with Gasteiger partial charge in [0.25, 0.3) is 11.8 Å². The summed E-state index contributed by atoms with van der Waals surface area (Å²) in [5.41, 5.74) is 0.612. The summed E-state index contributed by atoms with van der Waals surface area (Å²) >= 11 is 8.02. The zero-order chi connectivity index (χ0) is 16.1. The number of benzene rings is 1. The van der Waals surface area contributed by atoms with Crippen LogP contribution in [0.1, 0.15) is 5.56 Å². The number of hydrogen-bond acceptors (Lipinski definition) is 5. The summed E-state index contributed by atoms with van der Waals surface area (Å²) < 4.78 is 10.8. The molecule has 1 aromatic rings. The van der Waals surface area contributed by atoms with Crippen molar-refractivity contribution in [3.8, 4) is 11.5 Å². The predicted molar refractivity (Wildman–Crippen MR) is 89.1 cm³/mol. The summed E-state index contributed by atoms with van der Waals surface area (Å²) in [6.07, 6.45) is 1.46. The first-order valence-electron chi connectivity index (χ1n) is 6.30. The Morgan fingerprint density at radius 1 is 1.23 bits per heavy atom. The maximum atomic E-state index is 11.8. The number of methoxy groups -OCH3 is 1. The molecule has 2 rings (SSSR count). The first kappa shape index (κ1) is 16.4. The zero-order valence-electron chi connectivity index (χ0n) is 11.6. The molecule has 0 bridgehead atoms. The number of carbonyl (C=O) groups is 2. The Bertz CT molecular complexity index is 638. The van der Waals surface area contributed by atoms with Crippen LogP contribution in [0.2, 0.25) is 0 Å². The lowest BCUT2D eigenvalue weighted by molar-refractivity contribution is -0.123. The number of alkyl halides is 1. The summed E-state index contributed by atoms with van der Waals surface area (Å²) in [5.74, 6) is 0.0323. The Hall–Kier alpha value is -1.93. The van der Waals surface area contributed by atoms with Gasteiger partial charge in [0.1, 0.15) is 5.57 Å². The van der Waals surface area contributed by atoms with Crippen molar-refractivity contribution in [1.82, 2.24) is 10.6 Å². The van der Waals surface area contributed by atoms with Crippen LogP contribution in [0, 0.1) is 0 Å². The number of nitrogens with one attached hydrogen (secondary N) is 2. The second-order valence-corrected chi connectivity index (χ2v) is 5.44. The van der Waals surface area contributed by atoms with E-state index in [0.29, 0.717) is 29.0 Å². The molecule has 2 N–H and O–H groups in total. The van der Waals surface area contributed by atoms with E-state index >= 15 is 0 Å². The number of ether oxygens (including phenoxy) is 2. The van der Waals surface area contributed by atoms with Crippen LogP contribution >= 0.6 is 28.1 Å². The molecule has 0 radical (unpaired) electrons. The molecule has 0 aromatic heterocycles. The van der Waals surface area contributed by atoms with Crippen molar-refractivity contribution in [2.75, 3.05) is 19.0 Å². The van der Waals surface area contributed by atoms with E-state index in [1.165, 1.54) is 13.2 Å². The SMILES string of the molecule is COc1cc(C=C2C(=O)NC(=S)NC2=O)ccc1OCCBr. The van der Waals surface area contributed by atoms with E-state index in [0.717, 1.165) is 0 Å². The van der Waals surface area contributed by atoms with E-state index in [1.807, 2.05) is 0 Å². The maximum absolute atomic E-state index is 11.8. The van der Waals surface area contributed by atoms with Crippen LogP contribution in [0.4, 0.5) is 0 Å². The average Bonchev–Trinajstić information content (AvgIpc) is 2.49. The van der Waals surface area contributed by atoms with Gasteiger partial charge in [-0.05, 0) is 36.0 Å². The van der Waals surface area contributed by atoms with Crippen LogP contribution in [-0.4, -0.2) is 36.0 Å². The monoisotopic (exact) mass is 384 g/mol. The van der Waals surface area contributed by atoms with Crippen LogP contribution in [0.3, 0.4) is 0 Å². The molecule has 1 saturated heterocycles. The number of amides is 2. The van der Waals surface area contributed by atoms with Gasteiger partial charge in [-0.3, -0.25) is 20.2 Å². The van der Waals surface area contributed by atoms with E-state index in [9.17, 15) is 9.59 Å². The predicted octanol–water partition coefficient (Wildman–Crippen LogP) is 1.38. The highest BCUT2D eigenvalue weighted by atomic mass is 79.9. The van der Waals surface area contributed by atoms with Gasteiger partial charge in [-0.2, -0.15) is 0 Å². The number of thiocarbonyl (C=S) groups is 1. The van der Waals surface area contributed by atoms with Crippen LogP contribution in [0.5, 0.6) is 11.5 Å². The highest BCUT2D eigenvalue weighted by Crippen LogP contribution is 2.29. The minimum atomic E-state index is -0.535. The molecule has 1 aliphatic rings. The van der Waals surface area contributed by atoms with Crippen LogP contribution in [0.25, 0.3) is 6.08 Å². The molecule has 1 heterocycles. The zero-order valence-corrected chi connectivity index (χ0v) is 14.0. The Kier molecular flexibility index (Phi) is 5.51. The van der Waals surface area contributed by atoms with Gasteiger partial charge in [-0.25, -0.2) is 0 Å². The molecule has 0 unspecified atom stereocenters. The highest BCUT2D eigenvalue weighted by molar-refractivity contribution is 9.09. The van der Waals surface area contributed by atoms with Crippen LogP contribution in [-0.2, 0) is 9.59 Å². The molecule has 0 atom stereocenters. The lowest BCUT2D eigenvalue weighted by Crippen LogP contribution is -2.51. The molecule has 0 aliphatic carbocycles. The molecule has 8 heteroatoms. The van der Waals surface area contributed by atoms with Gasteiger partial charge in [0, 0.05) is 5.33 Å². The fourth-order valence-corrected chi connectivity index (χ4v) is 2.16. The molecule has 2 amide bonds. The molecular formula is C14H13BrN2O4S. The summed E-state index contributed by atoms with van der Waals surface area (Å²) in [6, 6.07) is 5.13. The molecule has 0 saturated carbocycles. The summed E-state index contributed by atoms with van der Waals surface area (Å²) in [6.45, 7) is 0.499. The van der Waals surface area contributed by atoms with Gasteiger partial charge in [-0.15, -0.1) is 0 Å². The molecule has 1 fully saturated rings. The van der Waals surface area contributed by atoms with Crippen molar-refractivity contribution in [3.05, 3.63) is 29.3 Å². The van der Waals surface area contributed by atoms with E-state index < -0.39 is 11.8 Å². The van der Waals surface area contributed by atoms with Crippen molar-refractivity contribution >= 4 is 51.2 Å². The molecule has 0 spiro atoms. The van der Waals surface area contributed by atoms with Gasteiger partial charge in [0.2, 0.25) is 0 Å². The van der Waals surface area contributed by atoms with Crippen LogP contribution < -0.4 is 20.1 Å². The standard InChI is InChI=1S/C14H13BrN2O4S/c1-20-11-7-8(2-3-10(11)21-5-4-15)6-9-12(18)16-14(22)17-13(9)19/h2-3,6-7H,4-5H2,1H3,(H2,16,17,18,19,22). The Morgan fingerprint density at radius 3 is 2.50 bits per heavy atom. The number of carbonyl (C=O) groups excluding carboxylic acids is 2. The third kappa shape index (κ3) is 3.83. The van der Waals surface area contributed by atoms with Gasteiger partial charge in [0.15, 0.2) is 16.6 Å². The maximum Gasteiger partial charge on any atom is 0.263 e. The molecule has 22 heavy (non-hydrogen) atoms. The van der Waals surface area contributed by atoms with E-state index in [2.05, 4.69) is 26.6 Å². The molecule has 116 valence electrons. The van der Waals surface area contributed by atoms with Crippen molar-refractivity contribution in [2.24, 2.45) is 0 Å². The van der Waals surface area contributed by atoms with Gasteiger partial charge >= 0.3 is 0 Å². The van der Waals surface area contributed by atoms with Gasteiger partial charge < -0.3 is 9.47 Å². The fraction of sp³-hybridized carbons (Fsp3) is 0.214. The van der Waals surface area contributed by atoms with Gasteiger partial charge in [0.05, 0.1) is 13.7 Å². The van der Waals surface area contributed by atoms with Crippen LogP contribution in [0.15, 0.2) is 23.8 Å². The Morgan fingerprint density at radius 2 is 1.91 bits per heavy atom. The second kappa shape index (κ2) is 7.37. The third-order valence-electron chi connectivity index (χ3n) is 2.78. The largest absolute Gasteiger partial charge is 0.493 e. The number of rotatable bonds is 5. The third-order valence-corrected chi connectivity index (χ3v) is 3.30. The Labute approximate surface area is 141 Å². The van der Waals surface area contributed by atoms with E-state index in [1.54, 1.807) is 18.2 Å². The number of halogens is 1. The first-order valence-corrected chi connectivity index (χ1v) is 7.83. The number of hydrogen-bond donors (Lipinski definition) is 2. The van der Waals surface area contributed by atoms with E-state index in [4.69, 9.17) is 21.7 Å². The van der Waals surface area contributed by atoms with Gasteiger partial charge in [-0.1, -0.05) is 22.0 Å². The van der Waals surface area contributed by atoms with E-state index in [-0.39, 0.29) is 10.7 Å². The summed E-state index contributed by atoms with van der Waals surface area (Å²) in [4.78, 5) is 23.6. The molecule has 1 aliphatic heterocycles. The lowest BCUT2D eigenvalue weighted by Gasteiger charge is -2.16.